The van der Waals surface area contributed by atoms with E-state index in [2.05, 4.69) is 13.8 Å². The second-order valence-corrected chi connectivity index (χ2v) is 7.27. The first kappa shape index (κ1) is 17.5. The molecule has 23 heavy (non-hydrogen) atoms. The fourth-order valence-electron chi connectivity index (χ4n) is 3.31. The van der Waals surface area contributed by atoms with Crippen LogP contribution in [0.25, 0.3) is 0 Å². The minimum Gasteiger partial charge on any atom is -0.481 e. The van der Waals surface area contributed by atoms with Crippen molar-refractivity contribution in [1.82, 2.24) is 4.90 Å². The average Bonchev–Trinajstić information content (AvgIpc) is 2.52. The van der Waals surface area contributed by atoms with E-state index >= 15 is 0 Å². The van der Waals surface area contributed by atoms with Gasteiger partial charge in [-0.15, -0.1) is 0 Å². The summed E-state index contributed by atoms with van der Waals surface area (Å²) in [6.45, 7) is 6.85. The van der Waals surface area contributed by atoms with Crippen LogP contribution in [0.1, 0.15) is 39.2 Å². The molecule has 2 atom stereocenters. The first-order chi connectivity index (χ1) is 10.8. The molecule has 1 aromatic carbocycles. The first-order valence-corrected chi connectivity index (χ1v) is 8.39. The van der Waals surface area contributed by atoms with Crippen molar-refractivity contribution in [3.8, 4) is 0 Å². The number of rotatable bonds is 5. The summed E-state index contributed by atoms with van der Waals surface area (Å²) in [6.07, 6.45) is 2.10. The Morgan fingerprint density at radius 3 is 2.48 bits per heavy atom. The van der Waals surface area contributed by atoms with E-state index in [-0.39, 0.29) is 17.7 Å². The first-order valence-electron chi connectivity index (χ1n) is 8.39. The van der Waals surface area contributed by atoms with Crippen molar-refractivity contribution in [2.75, 3.05) is 13.1 Å². The third-order valence-corrected chi connectivity index (χ3v) is 4.94. The van der Waals surface area contributed by atoms with E-state index in [1.165, 1.54) is 0 Å². The van der Waals surface area contributed by atoms with E-state index in [1.807, 2.05) is 30.3 Å². The summed E-state index contributed by atoms with van der Waals surface area (Å²) in [7, 11) is 0. The second-order valence-electron chi connectivity index (χ2n) is 7.27. The van der Waals surface area contributed by atoms with Gasteiger partial charge in [-0.3, -0.25) is 9.59 Å². The molecule has 1 saturated heterocycles. The molecule has 4 nitrogen and oxygen atoms in total. The number of carbonyl (C=O) groups is 2. The highest BCUT2D eigenvalue weighted by atomic mass is 16.4. The number of piperidine rings is 1. The van der Waals surface area contributed by atoms with Gasteiger partial charge in [-0.1, -0.05) is 44.2 Å². The monoisotopic (exact) mass is 317 g/mol. The Kier molecular flexibility index (Phi) is 5.45. The number of likely N-dealkylation sites (tertiary alicyclic amines) is 1. The van der Waals surface area contributed by atoms with Crippen molar-refractivity contribution in [3.05, 3.63) is 35.9 Å². The Balaban J connectivity index is 2.13. The van der Waals surface area contributed by atoms with Crippen LogP contribution < -0.4 is 0 Å². The van der Waals surface area contributed by atoms with Gasteiger partial charge in [-0.2, -0.15) is 0 Å². The van der Waals surface area contributed by atoms with Gasteiger partial charge in [0.05, 0.1) is 5.41 Å². The molecule has 1 aliphatic rings. The van der Waals surface area contributed by atoms with Gasteiger partial charge in [-0.25, -0.2) is 0 Å². The highest BCUT2D eigenvalue weighted by Gasteiger charge is 2.41. The molecule has 1 heterocycles. The van der Waals surface area contributed by atoms with Crippen LogP contribution in [-0.4, -0.2) is 35.0 Å². The summed E-state index contributed by atoms with van der Waals surface area (Å²) in [4.78, 5) is 26.3. The maximum atomic E-state index is 13.0. The lowest BCUT2D eigenvalue weighted by molar-refractivity contribution is -0.154. The Morgan fingerprint density at radius 1 is 1.26 bits per heavy atom. The van der Waals surface area contributed by atoms with Crippen LogP contribution in [-0.2, 0) is 16.0 Å². The van der Waals surface area contributed by atoms with Crippen molar-refractivity contribution >= 4 is 11.9 Å². The van der Waals surface area contributed by atoms with Crippen molar-refractivity contribution < 1.29 is 14.7 Å². The molecule has 0 saturated carbocycles. The standard InChI is InChI=1S/C19H27NO3/c1-14(2)16(12-15-8-5-4-6-9-15)17(21)20-11-7-10-19(3,13-20)18(22)23/h4-6,8-9,14,16H,7,10-13H2,1-3H3,(H,22,23). The third-order valence-electron chi connectivity index (χ3n) is 4.94. The summed E-state index contributed by atoms with van der Waals surface area (Å²) in [6, 6.07) is 10.0. The Morgan fingerprint density at radius 2 is 1.91 bits per heavy atom. The number of hydrogen-bond donors (Lipinski definition) is 1. The molecule has 1 aliphatic heterocycles. The van der Waals surface area contributed by atoms with Crippen LogP contribution in [0, 0.1) is 17.3 Å². The number of hydrogen-bond acceptors (Lipinski definition) is 2. The van der Waals surface area contributed by atoms with E-state index in [4.69, 9.17) is 0 Å². The molecule has 0 aromatic heterocycles. The zero-order valence-corrected chi connectivity index (χ0v) is 14.3. The Hall–Kier alpha value is -1.84. The summed E-state index contributed by atoms with van der Waals surface area (Å²) < 4.78 is 0. The number of carbonyl (C=O) groups excluding carboxylic acids is 1. The van der Waals surface area contributed by atoms with Crippen LogP contribution >= 0.6 is 0 Å². The maximum absolute atomic E-state index is 13.0. The van der Waals surface area contributed by atoms with Crippen LogP contribution in [0.3, 0.4) is 0 Å². The van der Waals surface area contributed by atoms with Gasteiger partial charge < -0.3 is 10.0 Å². The number of nitrogens with zero attached hydrogens (tertiary/aromatic N) is 1. The fraction of sp³-hybridized carbons (Fsp3) is 0.579. The van der Waals surface area contributed by atoms with E-state index in [9.17, 15) is 14.7 Å². The van der Waals surface area contributed by atoms with Gasteiger partial charge in [0.1, 0.15) is 0 Å². The summed E-state index contributed by atoms with van der Waals surface area (Å²) in [5, 5.41) is 9.44. The van der Waals surface area contributed by atoms with Crippen molar-refractivity contribution in [2.45, 2.75) is 40.0 Å². The topological polar surface area (TPSA) is 57.6 Å². The summed E-state index contributed by atoms with van der Waals surface area (Å²) in [5.74, 6) is -0.593. The smallest absolute Gasteiger partial charge is 0.311 e. The summed E-state index contributed by atoms with van der Waals surface area (Å²) >= 11 is 0. The molecule has 0 spiro atoms. The van der Waals surface area contributed by atoms with Gasteiger partial charge >= 0.3 is 5.97 Å². The molecule has 0 radical (unpaired) electrons. The highest BCUT2D eigenvalue weighted by Crippen LogP contribution is 2.31. The van der Waals surface area contributed by atoms with Gasteiger partial charge in [0.25, 0.3) is 0 Å². The molecule has 1 N–H and O–H groups in total. The molecule has 4 heteroatoms. The van der Waals surface area contributed by atoms with E-state index < -0.39 is 11.4 Å². The zero-order chi connectivity index (χ0) is 17.0. The molecule has 1 aromatic rings. The lowest BCUT2D eigenvalue weighted by Crippen LogP contribution is -2.50. The zero-order valence-electron chi connectivity index (χ0n) is 14.3. The minimum atomic E-state index is -0.817. The summed E-state index contributed by atoms with van der Waals surface area (Å²) in [5.41, 5.74) is 0.333. The molecule has 2 rings (SSSR count). The molecule has 1 amide bonds. The lowest BCUT2D eigenvalue weighted by atomic mass is 9.80. The molecular weight excluding hydrogens is 290 g/mol. The molecule has 0 aliphatic carbocycles. The third kappa shape index (κ3) is 4.12. The van der Waals surface area contributed by atoms with Crippen LogP contribution in [0.5, 0.6) is 0 Å². The quantitative estimate of drug-likeness (QED) is 0.907. The van der Waals surface area contributed by atoms with Gasteiger partial charge in [0.15, 0.2) is 0 Å². The van der Waals surface area contributed by atoms with Gasteiger partial charge in [-0.05, 0) is 37.7 Å². The average molecular weight is 317 g/mol. The van der Waals surface area contributed by atoms with Crippen molar-refractivity contribution in [3.63, 3.8) is 0 Å². The van der Waals surface area contributed by atoms with E-state index in [1.54, 1.807) is 11.8 Å². The molecule has 2 unspecified atom stereocenters. The van der Waals surface area contributed by atoms with Gasteiger partial charge in [0, 0.05) is 19.0 Å². The SMILES string of the molecule is CC(C)C(Cc1ccccc1)C(=O)N1CCCC(C)(C(=O)O)C1. The molecule has 1 fully saturated rings. The Labute approximate surface area is 138 Å². The highest BCUT2D eigenvalue weighted by molar-refractivity contribution is 5.81. The van der Waals surface area contributed by atoms with Gasteiger partial charge in [0.2, 0.25) is 5.91 Å². The lowest BCUT2D eigenvalue weighted by Gasteiger charge is -2.39. The predicted octanol–water partition coefficient (Wildman–Crippen LogP) is 3.21. The predicted molar refractivity (Wildman–Crippen MR) is 90.0 cm³/mol. The van der Waals surface area contributed by atoms with E-state index in [0.717, 1.165) is 12.0 Å². The molecule has 0 bridgehead atoms. The number of aliphatic carboxylic acids is 1. The van der Waals surface area contributed by atoms with Crippen LogP contribution in [0.2, 0.25) is 0 Å². The number of amides is 1. The number of benzene rings is 1. The number of carboxylic acid groups (broad SMARTS) is 1. The van der Waals surface area contributed by atoms with Crippen LogP contribution in [0.15, 0.2) is 30.3 Å². The largest absolute Gasteiger partial charge is 0.481 e. The van der Waals surface area contributed by atoms with Crippen LogP contribution in [0.4, 0.5) is 0 Å². The second kappa shape index (κ2) is 7.16. The van der Waals surface area contributed by atoms with E-state index in [0.29, 0.717) is 25.9 Å². The maximum Gasteiger partial charge on any atom is 0.311 e. The fourth-order valence-corrected chi connectivity index (χ4v) is 3.31. The molecule has 126 valence electrons. The minimum absolute atomic E-state index is 0.0935. The van der Waals surface area contributed by atoms with Crippen molar-refractivity contribution in [2.24, 2.45) is 17.3 Å². The Bertz CT molecular complexity index is 555. The molecular formula is C19H27NO3. The number of carboxylic acids is 1. The normalized spacial score (nSPS) is 22.9. The van der Waals surface area contributed by atoms with Crippen molar-refractivity contribution in [1.29, 1.82) is 0 Å².